The first-order chi connectivity index (χ1) is 7.24. The molecule has 0 saturated carbocycles. The number of hydrogen-bond donors (Lipinski definition) is 0. The van der Waals surface area contributed by atoms with Gasteiger partial charge in [-0.25, -0.2) is 0 Å². The van der Waals surface area contributed by atoms with Gasteiger partial charge in [0.05, 0.1) is 0 Å². The highest BCUT2D eigenvalue weighted by Gasteiger charge is 2.11. The van der Waals surface area contributed by atoms with E-state index in [1.165, 1.54) is 0 Å². The Hall–Kier alpha value is -1.44. The molecule has 80 valence electrons. The minimum absolute atomic E-state index is 0.128. The van der Waals surface area contributed by atoms with Crippen LogP contribution >= 0.6 is 0 Å². The van der Waals surface area contributed by atoms with Gasteiger partial charge in [0.25, 0.3) is 0 Å². The molecule has 1 aromatic carbocycles. The van der Waals surface area contributed by atoms with E-state index < -0.39 is 0 Å². The van der Waals surface area contributed by atoms with Crippen LogP contribution in [-0.2, 0) is 11.2 Å². The fourth-order valence-corrected chi connectivity index (χ4v) is 1.37. The lowest BCUT2D eigenvalue weighted by atomic mass is 10.0. The number of carbonyl (C=O) groups is 1. The normalized spacial score (nSPS) is 12.9. The summed E-state index contributed by atoms with van der Waals surface area (Å²) in [6.07, 6.45) is 3.39. The molecule has 1 unspecified atom stereocenters. The van der Waals surface area contributed by atoms with Gasteiger partial charge in [0, 0.05) is 6.42 Å². The van der Waals surface area contributed by atoms with E-state index in [1.807, 2.05) is 43.5 Å². The van der Waals surface area contributed by atoms with E-state index in [0.29, 0.717) is 6.42 Å². The Bertz CT molecular complexity index is 330. The smallest absolute Gasteiger partial charge is 0.154 e. The van der Waals surface area contributed by atoms with Gasteiger partial charge in [-0.2, -0.15) is 0 Å². The van der Waals surface area contributed by atoms with Crippen molar-refractivity contribution in [1.82, 2.24) is 0 Å². The molecule has 1 rings (SSSR count). The van der Waals surface area contributed by atoms with E-state index in [-0.39, 0.29) is 11.8 Å². The fraction of sp³-hybridized carbons (Fsp3) is 0.385. The van der Waals surface area contributed by atoms with Crippen LogP contribution in [0.2, 0.25) is 0 Å². The van der Waals surface area contributed by atoms with Gasteiger partial charge < -0.3 is 0 Å². The van der Waals surface area contributed by atoms with Crippen LogP contribution in [0.3, 0.4) is 0 Å². The molecule has 0 N–H and O–H groups in total. The third kappa shape index (κ3) is 4.07. The Kier molecular flexibility index (Phi) is 4.75. The van der Waals surface area contributed by atoms with E-state index in [2.05, 4.69) is 4.99 Å². The number of carbonyl (C=O) groups excluding carboxylic acids is 1. The third-order valence-corrected chi connectivity index (χ3v) is 2.21. The molecule has 0 aliphatic carbocycles. The molecule has 0 heterocycles. The Morgan fingerprint density at radius 2 is 2.07 bits per heavy atom. The van der Waals surface area contributed by atoms with Crippen LogP contribution in [0.4, 0.5) is 0 Å². The lowest BCUT2D eigenvalue weighted by molar-refractivity contribution is -0.118. The predicted octanol–water partition coefficient (Wildman–Crippen LogP) is 2.67. The molecule has 2 heteroatoms. The van der Waals surface area contributed by atoms with Crippen LogP contribution in [0, 0.1) is 0 Å². The Morgan fingerprint density at radius 3 is 2.60 bits per heavy atom. The van der Waals surface area contributed by atoms with Crippen molar-refractivity contribution >= 4 is 12.0 Å². The molecule has 0 aliphatic heterocycles. The van der Waals surface area contributed by atoms with Crippen molar-refractivity contribution in [2.24, 2.45) is 4.99 Å². The third-order valence-electron chi connectivity index (χ3n) is 2.21. The Balaban J connectivity index is 2.67. The molecule has 0 amide bonds. The summed E-state index contributed by atoms with van der Waals surface area (Å²) >= 11 is 0. The SMILES string of the molecule is CC/C=N/C(Cc1ccccc1)C(C)=O. The number of ketones is 1. The monoisotopic (exact) mass is 203 g/mol. The van der Waals surface area contributed by atoms with Gasteiger partial charge in [0.15, 0.2) is 5.78 Å². The Labute approximate surface area is 91.0 Å². The fourth-order valence-electron chi connectivity index (χ4n) is 1.37. The van der Waals surface area contributed by atoms with Crippen molar-refractivity contribution < 1.29 is 4.79 Å². The largest absolute Gasteiger partial charge is 0.298 e. The highest BCUT2D eigenvalue weighted by atomic mass is 16.1. The molecule has 1 atom stereocenters. The van der Waals surface area contributed by atoms with E-state index >= 15 is 0 Å². The van der Waals surface area contributed by atoms with Crippen molar-refractivity contribution in [2.45, 2.75) is 32.7 Å². The molecule has 0 aliphatic rings. The molecule has 0 fully saturated rings. The number of rotatable bonds is 5. The maximum Gasteiger partial charge on any atom is 0.154 e. The molecule has 0 bridgehead atoms. The van der Waals surface area contributed by atoms with Crippen LogP contribution in [0.1, 0.15) is 25.8 Å². The highest BCUT2D eigenvalue weighted by molar-refractivity contribution is 5.83. The van der Waals surface area contributed by atoms with E-state index in [1.54, 1.807) is 6.92 Å². The zero-order chi connectivity index (χ0) is 11.1. The highest BCUT2D eigenvalue weighted by Crippen LogP contribution is 2.06. The van der Waals surface area contributed by atoms with Crippen LogP contribution in [0.15, 0.2) is 35.3 Å². The number of nitrogens with zero attached hydrogens (tertiary/aromatic N) is 1. The molecular weight excluding hydrogens is 186 g/mol. The van der Waals surface area contributed by atoms with E-state index in [9.17, 15) is 4.79 Å². The van der Waals surface area contributed by atoms with Crippen molar-refractivity contribution in [3.05, 3.63) is 35.9 Å². The molecule has 0 aromatic heterocycles. The van der Waals surface area contributed by atoms with Crippen molar-refractivity contribution in [3.63, 3.8) is 0 Å². The molecule has 2 nitrogen and oxygen atoms in total. The van der Waals surface area contributed by atoms with Gasteiger partial charge in [-0.05, 0) is 25.1 Å². The second-order valence-electron chi connectivity index (χ2n) is 3.56. The van der Waals surface area contributed by atoms with Crippen molar-refractivity contribution in [1.29, 1.82) is 0 Å². The summed E-state index contributed by atoms with van der Waals surface area (Å²) < 4.78 is 0. The number of aliphatic imine (C=N–C) groups is 1. The average molecular weight is 203 g/mol. The lowest BCUT2D eigenvalue weighted by Gasteiger charge is -2.08. The zero-order valence-electron chi connectivity index (χ0n) is 9.31. The first kappa shape index (κ1) is 11.6. The molecule has 15 heavy (non-hydrogen) atoms. The van der Waals surface area contributed by atoms with Gasteiger partial charge in [-0.1, -0.05) is 37.3 Å². The average Bonchev–Trinajstić information content (AvgIpc) is 2.25. The molecule has 0 radical (unpaired) electrons. The first-order valence-corrected chi connectivity index (χ1v) is 5.30. The number of hydrogen-bond acceptors (Lipinski definition) is 2. The molecule has 0 saturated heterocycles. The molecule has 0 spiro atoms. The predicted molar refractivity (Wildman–Crippen MR) is 63.4 cm³/mol. The van der Waals surface area contributed by atoms with Crippen LogP contribution < -0.4 is 0 Å². The van der Waals surface area contributed by atoms with Gasteiger partial charge in [0.1, 0.15) is 6.04 Å². The molecular formula is C13H17NO. The van der Waals surface area contributed by atoms with Crippen LogP contribution in [-0.4, -0.2) is 18.0 Å². The van der Waals surface area contributed by atoms with Crippen molar-refractivity contribution in [3.8, 4) is 0 Å². The summed E-state index contributed by atoms with van der Waals surface area (Å²) in [6.45, 7) is 3.61. The Morgan fingerprint density at radius 1 is 1.40 bits per heavy atom. The van der Waals surface area contributed by atoms with E-state index in [4.69, 9.17) is 0 Å². The second-order valence-corrected chi connectivity index (χ2v) is 3.56. The topological polar surface area (TPSA) is 29.4 Å². The van der Waals surface area contributed by atoms with Crippen LogP contribution in [0.5, 0.6) is 0 Å². The van der Waals surface area contributed by atoms with Crippen LogP contribution in [0.25, 0.3) is 0 Å². The number of benzene rings is 1. The van der Waals surface area contributed by atoms with Gasteiger partial charge in [0.2, 0.25) is 0 Å². The van der Waals surface area contributed by atoms with Gasteiger partial charge in [-0.3, -0.25) is 9.79 Å². The van der Waals surface area contributed by atoms with Gasteiger partial charge in [-0.15, -0.1) is 0 Å². The summed E-state index contributed by atoms with van der Waals surface area (Å²) in [4.78, 5) is 15.6. The summed E-state index contributed by atoms with van der Waals surface area (Å²) in [5.41, 5.74) is 1.16. The number of Topliss-reactive ketones (excluding diaryl/α,β-unsaturated/α-hetero) is 1. The summed E-state index contributed by atoms with van der Waals surface area (Å²) in [7, 11) is 0. The van der Waals surface area contributed by atoms with Crippen molar-refractivity contribution in [2.75, 3.05) is 0 Å². The lowest BCUT2D eigenvalue weighted by Crippen LogP contribution is -2.18. The minimum Gasteiger partial charge on any atom is -0.298 e. The maximum atomic E-state index is 11.3. The second kappa shape index (κ2) is 6.12. The quantitative estimate of drug-likeness (QED) is 0.676. The zero-order valence-corrected chi connectivity index (χ0v) is 9.31. The summed E-state index contributed by atoms with van der Waals surface area (Å²) in [6, 6.07) is 9.77. The maximum absolute atomic E-state index is 11.3. The summed E-state index contributed by atoms with van der Waals surface area (Å²) in [5, 5.41) is 0. The van der Waals surface area contributed by atoms with E-state index in [0.717, 1.165) is 12.0 Å². The standard InChI is InChI=1S/C13H17NO/c1-3-9-14-13(11(2)15)10-12-7-5-4-6-8-12/h4-9,13H,3,10H2,1-2H3/b14-9+. The summed E-state index contributed by atoms with van der Waals surface area (Å²) in [5.74, 6) is 0.128. The minimum atomic E-state index is -0.215. The first-order valence-electron chi connectivity index (χ1n) is 5.30. The van der Waals surface area contributed by atoms with Gasteiger partial charge >= 0.3 is 0 Å². The molecule has 1 aromatic rings.